The molecule has 3 aliphatic rings. The van der Waals surface area contributed by atoms with Gasteiger partial charge in [-0.25, -0.2) is 0 Å². The van der Waals surface area contributed by atoms with Gasteiger partial charge in [0.25, 0.3) is 20.2 Å². The highest BCUT2D eigenvalue weighted by Crippen LogP contribution is 2.45. The van der Waals surface area contributed by atoms with Crippen LogP contribution in [0.25, 0.3) is 32.7 Å². The minimum Gasteiger partial charge on any atom is -0.506 e. The van der Waals surface area contributed by atoms with E-state index in [2.05, 4.69) is 29.8 Å². The van der Waals surface area contributed by atoms with Crippen molar-refractivity contribution in [1.29, 1.82) is 0 Å². The van der Waals surface area contributed by atoms with E-state index in [-0.39, 0.29) is 34.2 Å². The molecule has 16 heteroatoms. The van der Waals surface area contributed by atoms with E-state index in [1.165, 1.54) is 0 Å². The van der Waals surface area contributed by atoms with Crippen LogP contribution in [-0.4, -0.2) is 91.2 Å². The summed E-state index contributed by atoms with van der Waals surface area (Å²) >= 11 is 0. The Morgan fingerprint density at radius 2 is 1.12 bits per heavy atom. The quantitative estimate of drug-likeness (QED) is 0.0375. The molecule has 0 saturated heterocycles. The Kier molecular flexibility index (Phi) is 15.0. The van der Waals surface area contributed by atoms with Gasteiger partial charge in [0.2, 0.25) is 5.78 Å². The number of allylic oxidation sites excluding steroid dienone is 2. The molecule has 4 aromatic carbocycles. The Bertz CT molecular complexity index is 2690. The van der Waals surface area contributed by atoms with Crippen molar-refractivity contribution in [1.82, 2.24) is 0 Å². The predicted molar refractivity (Wildman–Crippen MR) is 253 cm³/mol. The fourth-order valence-electron chi connectivity index (χ4n) is 9.06. The van der Waals surface area contributed by atoms with E-state index in [1.54, 1.807) is 38.5 Å². The van der Waals surface area contributed by atoms with Crippen LogP contribution in [0.2, 0.25) is 0 Å². The molecule has 14 nitrogen and oxygen atoms in total. The third-order valence-corrected chi connectivity index (χ3v) is 14.7. The zero-order valence-corrected chi connectivity index (χ0v) is 39.0. The highest BCUT2D eigenvalue weighted by Gasteiger charge is 2.41. The number of Topliss-reactive ketones (excluding diaryl/α,β-unsaturated/α-hetero) is 1. The van der Waals surface area contributed by atoms with E-state index in [0.717, 1.165) is 86.4 Å². The van der Waals surface area contributed by atoms with Crippen molar-refractivity contribution in [2.75, 3.05) is 68.1 Å². The third-order valence-electron chi connectivity index (χ3n) is 12.2. The fraction of sp³-hybridized carbons (Fsp3) is 0.500. The van der Waals surface area contributed by atoms with Crippen molar-refractivity contribution < 1.29 is 44.6 Å². The summed E-state index contributed by atoms with van der Waals surface area (Å²) in [6, 6.07) is 18.2. The number of aliphatic hydroxyl groups is 1. The molecular formula is C48H62N4O10S2. The van der Waals surface area contributed by atoms with E-state index in [4.69, 9.17) is 22.8 Å². The highest BCUT2D eigenvalue weighted by molar-refractivity contribution is 7.87. The molecule has 0 spiro atoms. The van der Waals surface area contributed by atoms with Gasteiger partial charge < -0.3 is 30.5 Å². The van der Waals surface area contributed by atoms with Gasteiger partial charge in [0.15, 0.2) is 11.3 Å². The van der Waals surface area contributed by atoms with Gasteiger partial charge >= 0.3 is 0 Å². The smallest absolute Gasteiger partial charge is 0.267 e. The van der Waals surface area contributed by atoms with Crippen LogP contribution in [0, 0.1) is 0 Å². The van der Waals surface area contributed by atoms with E-state index < -0.39 is 44.8 Å². The largest absolute Gasteiger partial charge is 0.506 e. The summed E-state index contributed by atoms with van der Waals surface area (Å²) in [4.78, 5) is 19.2. The summed E-state index contributed by atoms with van der Waals surface area (Å²) in [7, 11) is -4.75. The monoisotopic (exact) mass is 918 g/mol. The normalized spacial score (nSPS) is 17.2. The molecule has 0 atom stereocenters. The molecule has 7 rings (SSSR count). The number of carbonyl (C=O) groups excluding carboxylic acids is 1. The summed E-state index contributed by atoms with van der Waals surface area (Å²) in [6.07, 6.45) is 10.7. The van der Waals surface area contributed by atoms with Crippen LogP contribution in [0.1, 0.15) is 96.5 Å². The van der Waals surface area contributed by atoms with Gasteiger partial charge in [-0.05, 0) is 58.7 Å². The Morgan fingerprint density at radius 3 is 1.69 bits per heavy atom. The molecule has 4 aromatic rings. The molecule has 0 bridgehead atoms. The summed E-state index contributed by atoms with van der Waals surface area (Å²) in [6.45, 7) is 3.86. The van der Waals surface area contributed by atoms with Crippen molar-refractivity contribution in [2.24, 2.45) is 4.99 Å². The van der Waals surface area contributed by atoms with Crippen LogP contribution in [-0.2, 0) is 42.9 Å². The molecule has 1 aliphatic carbocycles. The zero-order valence-electron chi connectivity index (χ0n) is 37.4. The van der Waals surface area contributed by atoms with Crippen LogP contribution in [0.15, 0.2) is 71.4 Å². The van der Waals surface area contributed by atoms with E-state index in [9.17, 15) is 26.7 Å². The first-order chi connectivity index (χ1) is 30.8. The summed E-state index contributed by atoms with van der Waals surface area (Å²) in [5.74, 6) is -0.816. The van der Waals surface area contributed by atoms with Crippen LogP contribution >= 0.6 is 0 Å². The lowest BCUT2D eigenvalue weighted by atomic mass is 9.79. The molecular weight excluding hydrogens is 857 g/mol. The fourth-order valence-corrected chi connectivity index (χ4v) is 11.2. The number of rotatable bonds is 25. The number of aliphatic hydroxyl groups excluding tert-OH is 1. The van der Waals surface area contributed by atoms with E-state index in [0.29, 0.717) is 58.7 Å². The molecule has 0 saturated carbocycles. The van der Waals surface area contributed by atoms with Crippen LogP contribution in [0.5, 0.6) is 0 Å². The second-order valence-corrected chi connectivity index (χ2v) is 20.7. The number of unbranched alkanes of at least 4 members (excludes halogenated alkanes) is 10. The number of hydrogen-bond donors (Lipinski definition) is 4. The first kappa shape index (κ1) is 47.4. The SMILES string of the molecule is CCCCCCCCS(=O)(=O)OCC1(COS(=O)(=O)CCCCCCCC)N=c2ccc(=C3C(=O)C(c4ccc5c6c(cccc46)NC(COC)(COC)N5)=C3O)c3cccc(c23)N1. The molecule has 0 radical (unpaired) electrons. The topological polar surface area (TPSA) is 191 Å². The maximum Gasteiger partial charge on any atom is 0.267 e. The number of ether oxygens (including phenoxy) is 2. The van der Waals surface area contributed by atoms with Gasteiger partial charge in [0, 0.05) is 42.1 Å². The van der Waals surface area contributed by atoms with Crippen molar-refractivity contribution in [3.8, 4) is 0 Å². The van der Waals surface area contributed by atoms with Gasteiger partial charge in [-0.1, -0.05) is 114 Å². The third kappa shape index (κ3) is 10.3. The minimum atomic E-state index is -4.00. The number of carbonyl (C=O) groups is 1. The molecule has 0 fully saturated rings. The first-order valence-corrected chi connectivity index (χ1v) is 25.7. The summed E-state index contributed by atoms with van der Waals surface area (Å²) < 4.78 is 75.1. The Balaban J connectivity index is 1.22. The second kappa shape index (κ2) is 20.3. The van der Waals surface area contributed by atoms with Gasteiger partial charge in [0.1, 0.15) is 19.0 Å². The number of benzene rings is 4. The average Bonchev–Trinajstić information content (AvgIpc) is 3.27. The summed E-state index contributed by atoms with van der Waals surface area (Å²) in [5.41, 5.74) is 0.757. The standard InChI is InChI=1S/C48H62N4O10S2/c1-5-7-9-11-13-15-27-63(55,56)61-31-48(32-62-64(57,58)28-16-14-12-10-8-6-2)50-38-22-18-20-34-36(24-26-40(52-48)42(34)38)44-45(53)43(46(44)54)35-23-25-39-41-33(35)19-17-21-37(41)49-47(51-39,29-59-3)30-60-4/h17-26,49-51,53H,5-16,27-32H2,1-4H3. The first-order valence-electron chi connectivity index (χ1n) is 22.6. The molecule has 0 amide bonds. The Labute approximate surface area is 376 Å². The van der Waals surface area contributed by atoms with Gasteiger partial charge in [-0.15, -0.1) is 0 Å². The van der Waals surface area contributed by atoms with Crippen LogP contribution in [0.4, 0.5) is 17.1 Å². The molecule has 4 N–H and O–H groups in total. The second-order valence-electron chi connectivity index (χ2n) is 17.2. The summed E-state index contributed by atoms with van der Waals surface area (Å²) in [5, 5.41) is 25.9. The average molecular weight is 919 g/mol. The molecule has 0 unspecified atom stereocenters. The van der Waals surface area contributed by atoms with Crippen LogP contribution < -0.4 is 26.5 Å². The maximum atomic E-state index is 14.3. The van der Waals surface area contributed by atoms with Crippen molar-refractivity contribution >= 4 is 75.8 Å². The van der Waals surface area contributed by atoms with Crippen molar-refractivity contribution in [3.05, 3.63) is 82.6 Å². The lowest BCUT2D eigenvalue weighted by Gasteiger charge is -2.40. The number of nitrogens with zero attached hydrogens (tertiary/aromatic N) is 1. The number of anilines is 3. The molecule has 2 heterocycles. The van der Waals surface area contributed by atoms with E-state index >= 15 is 0 Å². The Morgan fingerprint density at radius 1 is 0.594 bits per heavy atom. The number of nitrogens with one attached hydrogen (secondary N) is 3. The number of ketones is 1. The lowest BCUT2D eigenvalue weighted by Crippen LogP contribution is -2.55. The number of methoxy groups -OCH3 is 2. The molecule has 64 heavy (non-hydrogen) atoms. The van der Waals surface area contributed by atoms with E-state index in [1.807, 2.05) is 36.4 Å². The molecule has 2 aliphatic heterocycles. The predicted octanol–water partition coefficient (Wildman–Crippen LogP) is 7.68. The minimum absolute atomic E-state index is 0.140. The van der Waals surface area contributed by atoms with Gasteiger partial charge in [-0.3, -0.25) is 18.2 Å². The van der Waals surface area contributed by atoms with Crippen LogP contribution in [0.3, 0.4) is 0 Å². The molecule has 346 valence electrons. The lowest BCUT2D eigenvalue weighted by molar-refractivity contribution is -0.109. The van der Waals surface area contributed by atoms with Gasteiger partial charge in [0.05, 0.1) is 41.2 Å². The van der Waals surface area contributed by atoms with Gasteiger partial charge in [-0.2, -0.15) is 16.8 Å². The maximum absolute atomic E-state index is 14.3. The van der Waals surface area contributed by atoms with Crippen molar-refractivity contribution in [3.63, 3.8) is 0 Å². The zero-order chi connectivity index (χ0) is 45.5. The highest BCUT2D eigenvalue weighted by atomic mass is 32.2. The Hall–Kier alpha value is -4.58. The van der Waals surface area contributed by atoms with Crippen molar-refractivity contribution in [2.45, 2.75) is 102 Å². The number of hydrogen-bond acceptors (Lipinski definition) is 14. The molecule has 0 aromatic heterocycles.